The van der Waals surface area contributed by atoms with E-state index in [0.29, 0.717) is 6.61 Å². The second kappa shape index (κ2) is 10.1. The van der Waals surface area contributed by atoms with Crippen molar-refractivity contribution in [2.75, 3.05) is 13.2 Å². The molecule has 0 saturated carbocycles. The average molecular weight is 394 g/mol. The Labute approximate surface area is 173 Å². The number of ether oxygens (including phenoxy) is 1. The first-order valence-electron chi connectivity index (χ1n) is 10.4. The summed E-state index contributed by atoms with van der Waals surface area (Å²) in [7, 11) is 0. The monoisotopic (exact) mass is 393 g/mol. The van der Waals surface area contributed by atoms with Gasteiger partial charge in [0.15, 0.2) is 0 Å². The average Bonchev–Trinajstić information content (AvgIpc) is 3.05. The molecule has 0 spiro atoms. The third kappa shape index (κ3) is 5.59. The van der Waals surface area contributed by atoms with Crippen LogP contribution in [0, 0.1) is 13.8 Å². The van der Waals surface area contributed by atoms with Crippen LogP contribution in [0.4, 0.5) is 0 Å². The fourth-order valence-corrected chi connectivity index (χ4v) is 3.54. The minimum Gasteiger partial charge on any atom is -0.491 e. The molecule has 0 saturated heterocycles. The minimum atomic E-state index is 0.0376. The van der Waals surface area contributed by atoms with Gasteiger partial charge in [-0.2, -0.15) is 0 Å². The number of hydrogen-bond acceptors (Lipinski definition) is 3. The van der Waals surface area contributed by atoms with Gasteiger partial charge in [-0.15, -0.1) is 0 Å². The smallest absolute Gasteiger partial charge is 0.216 e. The zero-order valence-electron chi connectivity index (χ0n) is 17.7. The summed E-state index contributed by atoms with van der Waals surface area (Å²) >= 11 is 0. The maximum atomic E-state index is 10.9. The van der Waals surface area contributed by atoms with Crippen LogP contribution in [-0.4, -0.2) is 28.6 Å². The summed E-state index contributed by atoms with van der Waals surface area (Å²) in [4.78, 5) is 15.8. The Morgan fingerprint density at radius 2 is 1.90 bits per heavy atom. The molecule has 0 bridgehead atoms. The molecule has 3 rings (SSSR count). The number of benzene rings is 2. The predicted molar refractivity (Wildman–Crippen MR) is 117 cm³/mol. The zero-order valence-corrected chi connectivity index (χ0v) is 17.7. The third-order valence-electron chi connectivity index (χ3n) is 5.31. The molecule has 2 aromatic carbocycles. The summed E-state index contributed by atoms with van der Waals surface area (Å²) in [6.07, 6.45) is 4.05. The van der Waals surface area contributed by atoms with Crippen LogP contribution < -0.4 is 10.1 Å². The van der Waals surface area contributed by atoms with Crippen molar-refractivity contribution in [1.29, 1.82) is 0 Å². The Morgan fingerprint density at radius 3 is 2.72 bits per heavy atom. The molecule has 3 aromatic rings. The van der Waals surface area contributed by atoms with E-state index in [1.54, 1.807) is 6.92 Å². The number of imidazole rings is 1. The van der Waals surface area contributed by atoms with E-state index in [1.165, 1.54) is 11.1 Å². The number of rotatable bonds is 10. The quantitative estimate of drug-likeness (QED) is 0.513. The number of nitrogens with one attached hydrogen (secondary N) is 1. The van der Waals surface area contributed by atoms with E-state index in [9.17, 15) is 4.79 Å². The Kier molecular flexibility index (Phi) is 7.28. The van der Waals surface area contributed by atoms with E-state index in [1.807, 2.05) is 18.2 Å². The fraction of sp³-hybridized carbons (Fsp3) is 0.417. The van der Waals surface area contributed by atoms with Crippen molar-refractivity contribution in [3.8, 4) is 5.75 Å². The molecule has 1 heterocycles. The van der Waals surface area contributed by atoms with Crippen molar-refractivity contribution < 1.29 is 9.53 Å². The molecule has 5 nitrogen and oxygen atoms in total. The van der Waals surface area contributed by atoms with E-state index in [2.05, 4.69) is 48.0 Å². The van der Waals surface area contributed by atoms with Gasteiger partial charge in [0.1, 0.15) is 18.2 Å². The second-order valence-corrected chi connectivity index (χ2v) is 7.51. The number of nitrogens with zero attached hydrogens (tertiary/aromatic N) is 2. The van der Waals surface area contributed by atoms with Crippen molar-refractivity contribution in [3.05, 3.63) is 59.4 Å². The van der Waals surface area contributed by atoms with Crippen LogP contribution in [0.1, 0.15) is 43.1 Å². The van der Waals surface area contributed by atoms with Crippen LogP contribution in [0.15, 0.2) is 42.5 Å². The lowest BCUT2D eigenvalue weighted by molar-refractivity contribution is -0.118. The Bertz CT molecular complexity index is 962. The van der Waals surface area contributed by atoms with Crippen LogP contribution in [-0.2, 0) is 17.8 Å². The molecule has 1 aromatic heterocycles. The highest BCUT2D eigenvalue weighted by atomic mass is 16.5. The molecule has 29 heavy (non-hydrogen) atoms. The van der Waals surface area contributed by atoms with Gasteiger partial charge in [0, 0.05) is 19.9 Å². The van der Waals surface area contributed by atoms with E-state index in [-0.39, 0.29) is 5.91 Å². The molecule has 0 atom stereocenters. The van der Waals surface area contributed by atoms with Crippen LogP contribution in [0.3, 0.4) is 0 Å². The summed E-state index contributed by atoms with van der Waals surface area (Å²) < 4.78 is 8.37. The predicted octanol–water partition coefficient (Wildman–Crippen LogP) is 4.58. The third-order valence-corrected chi connectivity index (χ3v) is 5.31. The van der Waals surface area contributed by atoms with Gasteiger partial charge in [-0.1, -0.05) is 30.7 Å². The molecular formula is C24H31N3O2. The molecule has 0 aliphatic rings. The van der Waals surface area contributed by atoms with Gasteiger partial charge in [-0.25, -0.2) is 4.98 Å². The van der Waals surface area contributed by atoms with Gasteiger partial charge in [0.25, 0.3) is 0 Å². The number of aromatic nitrogens is 2. The Hall–Kier alpha value is -2.82. The molecule has 1 N–H and O–H groups in total. The number of carbonyl (C=O) groups excluding carboxylic acids is 1. The van der Waals surface area contributed by atoms with Crippen LogP contribution in [0.2, 0.25) is 0 Å². The normalized spacial score (nSPS) is 11.0. The molecule has 0 aliphatic carbocycles. The molecule has 0 radical (unpaired) electrons. The number of aryl methyl sites for hydroxylation is 2. The molecule has 5 heteroatoms. The summed E-state index contributed by atoms with van der Waals surface area (Å²) in [5.74, 6) is 2.10. The maximum absolute atomic E-state index is 10.9. The van der Waals surface area contributed by atoms with Gasteiger partial charge in [0.05, 0.1) is 17.6 Å². The second-order valence-electron chi connectivity index (χ2n) is 7.51. The molecule has 1 amide bonds. The number of carbonyl (C=O) groups is 1. The number of unbranched alkanes of at least 4 members (excludes halogenated alkanes) is 2. The number of para-hydroxylation sites is 2. The summed E-state index contributed by atoms with van der Waals surface area (Å²) in [5, 5.41) is 2.85. The van der Waals surface area contributed by atoms with Gasteiger partial charge in [-0.3, -0.25) is 4.79 Å². The van der Waals surface area contributed by atoms with Crippen molar-refractivity contribution in [1.82, 2.24) is 14.9 Å². The fourth-order valence-electron chi connectivity index (χ4n) is 3.54. The lowest BCUT2D eigenvalue weighted by Gasteiger charge is -2.13. The van der Waals surface area contributed by atoms with E-state index >= 15 is 0 Å². The summed E-state index contributed by atoms with van der Waals surface area (Å²) in [5.41, 5.74) is 4.63. The molecule has 0 aliphatic heterocycles. The summed E-state index contributed by atoms with van der Waals surface area (Å²) in [6, 6.07) is 14.5. The van der Waals surface area contributed by atoms with E-state index < -0.39 is 0 Å². The first kappa shape index (κ1) is 20.9. The van der Waals surface area contributed by atoms with Crippen molar-refractivity contribution in [2.24, 2.45) is 0 Å². The molecule has 0 fully saturated rings. The van der Waals surface area contributed by atoms with Crippen LogP contribution in [0.25, 0.3) is 11.0 Å². The lowest BCUT2D eigenvalue weighted by atomic mass is 10.1. The van der Waals surface area contributed by atoms with Crippen LogP contribution >= 0.6 is 0 Å². The van der Waals surface area contributed by atoms with Gasteiger partial charge < -0.3 is 14.6 Å². The topological polar surface area (TPSA) is 56.2 Å². The van der Waals surface area contributed by atoms with Gasteiger partial charge in [-0.05, 0) is 56.0 Å². The lowest BCUT2D eigenvalue weighted by Crippen LogP contribution is -2.20. The van der Waals surface area contributed by atoms with Crippen molar-refractivity contribution in [3.63, 3.8) is 0 Å². The van der Waals surface area contributed by atoms with Crippen LogP contribution in [0.5, 0.6) is 5.75 Å². The number of fused-ring (bicyclic) bond motifs is 1. The van der Waals surface area contributed by atoms with Crippen molar-refractivity contribution >= 4 is 16.9 Å². The maximum Gasteiger partial charge on any atom is 0.216 e. The first-order chi connectivity index (χ1) is 14.1. The van der Waals surface area contributed by atoms with Gasteiger partial charge in [0.2, 0.25) is 5.91 Å². The van der Waals surface area contributed by atoms with Crippen molar-refractivity contribution in [2.45, 2.75) is 53.0 Å². The highest BCUT2D eigenvalue weighted by molar-refractivity contribution is 5.75. The first-order valence-corrected chi connectivity index (χ1v) is 10.4. The molecule has 154 valence electrons. The van der Waals surface area contributed by atoms with Gasteiger partial charge >= 0.3 is 0 Å². The Balaban J connectivity index is 1.62. The highest BCUT2D eigenvalue weighted by Gasteiger charge is 2.11. The Morgan fingerprint density at radius 1 is 1.07 bits per heavy atom. The standard InChI is InChI=1S/C24H31N3O2/c1-18-10-9-13-23(19(18)2)29-17-16-27-22-12-7-6-11-21(22)26-24(27)14-5-4-8-15-25-20(3)28/h6-7,9-13H,4-5,8,14-17H2,1-3H3,(H,25,28). The van der Waals surface area contributed by atoms with E-state index in [0.717, 1.165) is 61.4 Å². The largest absolute Gasteiger partial charge is 0.491 e. The number of amides is 1. The minimum absolute atomic E-state index is 0.0376. The molecular weight excluding hydrogens is 362 g/mol. The summed E-state index contributed by atoms with van der Waals surface area (Å²) in [6.45, 7) is 7.90. The highest BCUT2D eigenvalue weighted by Crippen LogP contribution is 2.22. The SMILES string of the molecule is CC(=O)NCCCCCc1nc2ccccc2n1CCOc1cccc(C)c1C. The van der Waals surface area contributed by atoms with E-state index in [4.69, 9.17) is 9.72 Å². The number of hydrogen-bond donors (Lipinski definition) is 1. The zero-order chi connectivity index (χ0) is 20.6. The molecule has 0 unspecified atom stereocenters.